The lowest BCUT2D eigenvalue weighted by Crippen LogP contribution is -2.29. The van der Waals surface area contributed by atoms with E-state index in [9.17, 15) is 13.2 Å². The van der Waals surface area contributed by atoms with E-state index in [0.717, 1.165) is 0 Å². The fourth-order valence-electron chi connectivity index (χ4n) is 2.09. The van der Waals surface area contributed by atoms with E-state index >= 15 is 0 Å². The Balaban J connectivity index is 2.04. The maximum atomic E-state index is 12.5. The van der Waals surface area contributed by atoms with Gasteiger partial charge in [0.1, 0.15) is 4.90 Å². The van der Waals surface area contributed by atoms with Gasteiger partial charge in [-0.25, -0.2) is 8.42 Å². The molecule has 0 aromatic heterocycles. The molecular weight excluding hydrogens is 334 g/mol. The predicted molar refractivity (Wildman–Crippen MR) is 83.1 cm³/mol. The molecule has 0 N–H and O–H groups in total. The van der Waals surface area contributed by atoms with Crippen LogP contribution in [-0.2, 0) is 19.6 Å². The first-order valence-electron chi connectivity index (χ1n) is 6.38. The zero-order chi connectivity index (χ0) is 15.5. The van der Waals surface area contributed by atoms with Crippen LogP contribution in [0.15, 0.2) is 29.2 Å². The first-order valence-corrected chi connectivity index (χ1v) is 9.25. The highest BCUT2D eigenvalue weighted by atomic mass is 35.5. The molecule has 1 unspecified atom stereocenters. The lowest BCUT2D eigenvalue weighted by atomic mass is 10.4. The molecule has 2 rings (SSSR count). The predicted octanol–water partition coefficient (Wildman–Crippen LogP) is 2.01. The summed E-state index contributed by atoms with van der Waals surface area (Å²) in [5.41, 5.74) is 0. The van der Waals surface area contributed by atoms with Crippen LogP contribution in [0.4, 0.5) is 0 Å². The summed E-state index contributed by atoms with van der Waals surface area (Å²) in [5.74, 6) is -0.0614. The largest absolute Gasteiger partial charge is 0.468 e. The number of ether oxygens (including phenoxy) is 1. The summed E-state index contributed by atoms with van der Waals surface area (Å²) in [6.45, 7) is 0.821. The van der Waals surface area contributed by atoms with Gasteiger partial charge in [0.15, 0.2) is 0 Å². The standard InChI is InChI=1S/C13H16ClNO4S2/c1-19-13(16)9-20-10-6-7-15(8-10)21(17,18)12-5-3-2-4-11(12)14/h2-5,10H,6-9H2,1H3. The first-order chi connectivity index (χ1) is 9.95. The van der Waals surface area contributed by atoms with E-state index in [1.165, 1.54) is 29.2 Å². The van der Waals surface area contributed by atoms with Crippen molar-refractivity contribution in [1.82, 2.24) is 4.31 Å². The van der Waals surface area contributed by atoms with Crippen molar-refractivity contribution in [2.24, 2.45) is 0 Å². The van der Waals surface area contributed by atoms with Crippen molar-refractivity contribution in [3.63, 3.8) is 0 Å². The molecular formula is C13H16ClNO4S2. The average molecular weight is 350 g/mol. The van der Waals surface area contributed by atoms with Gasteiger partial charge in [-0.05, 0) is 18.6 Å². The minimum Gasteiger partial charge on any atom is -0.468 e. The number of esters is 1. The number of sulfonamides is 1. The Morgan fingerprint density at radius 3 is 2.86 bits per heavy atom. The van der Waals surface area contributed by atoms with Gasteiger partial charge in [-0.1, -0.05) is 23.7 Å². The number of carbonyl (C=O) groups is 1. The van der Waals surface area contributed by atoms with E-state index in [4.69, 9.17) is 11.6 Å². The molecule has 21 heavy (non-hydrogen) atoms. The van der Waals surface area contributed by atoms with Crippen LogP contribution in [0.2, 0.25) is 5.02 Å². The molecule has 0 aliphatic carbocycles. The molecule has 0 bridgehead atoms. The fourth-order valence-corrected chi connectivity index (χ4v) is 5.22. The number of rotatable bonds is 5. The molecule has 0 radical (unpaired) electrons. The number of carbonyl (C=O) groups excluding carboxylic acids is 1. The summed E-state index contributed by atoms with van der Waals surface area (Å²) in [5, 5.41) is 0.324. The highest BCUT2D eigenvalue weighted by molar-refractivity contribution is 8.00. The SMILES string of the molecule is COC(=O)CSC1CCN(S(=O)(=O)c2ccccc2Cl)C1. The van der Waals surface area contributed by atoms with E-state index in [-0.39, 0.29) is 26.9 Å². The van der Waals surface area contributed by atoms with Gasteiger partial charge in [-0.15, -0.1) is 11.8 Å². The molecule has 1 saturated heterocycles. The number of benzene rings is 1. The Labute approximate surface area is 133 Å². The van der Waals surface area contributed by atoms with Crippen molar-refractivity contribution in [3.05, 3.63) is 29.3 Å². The third-order valence-electron chi connectivity index (χ3n) is 3.23. The molecule has 1 aromatic rings. The minimum absolute atomic E-state index is 0.0985. The smallest absolute Gasteiger partial charge is 0.315 e. The molecule has 1 heterocycles. The molecule has 116 valence electrons. The van der Waals surface area contributed by atoms with E-state index in [1.54, 1.807) is 18.2 Å². The van der Waals surface area contributed by atoms with Crippen molar-refractivity contribution >= 4 is 39.4 Å². The van der Waals surface area contributed by atoms with Crippen LogP contribution in [0, 0.1) is 0 Å². The number of halogens is 1. The van der Waals surface area contributed by atoms with Gasteiger partial charge in [-0.3, -0.25) is 4.79 Å². The van der Waals surface area contributed by atoms with Crippen LogP contribution in [0.25, 0.3) is 0 Å². The van der Waals surface area contributed by atoms with Crippen molar-refractivity contribution in [2.75, 3.05) is 26.0 Å². The second-order valence-corrected chi connectivity index (χ2v) is 8.19. The van der Waals surface area contributed by atoms with Gasteiger partial charge in [0, 0.05) is 18.3 Å². The number of methoxy groups -OCH3 is 1. The number of hydrogen-bond donors (Lipinski definition) is 0. The van der Waals surface area contributed by atoms with E-state index < -0.39 is 10.0 Å². The molecule has 1 aromatic carbocycles. The van der Waals surface area contributed by atoms with Crippen LogP contribution in [0.3, 0.4) is 0 Å². The Morgan fingerprint density at radius 2 is 2.19 bits per heavy atom. The molecule has 1 fully saturated rings. The summed E-state index contributed by atoms with van der Waals surface area (Å²) in [6.07, 6.45) is 0.714. The average Bonchev–Trinajstić information content (AvgIpc) is 2.94. The number of hydrogen-bond acceptors (Lipinski definition) is 5. The number of thioether (sulfide) groups is 1. The van der Waals surface area contributed by atoms with Gasteiger partial charge in [0.25, 0.3) is 0 Å². The van der Waals surface area contributed by atoms with Crippen LogP contribution >= 0.6 is 23.4 Å². The van der Waals surface area contributed by atoms with Crippen molar-refractivity contribution in [1.29, 1.82) is 0 Å². The van der Waals surface area contributed by atoms with Crippen LogP contribution in [0.5, 0.6) is 0 Å². The summed E-state index contributed by atoms with van der Waals surface area (Å²) < 4.78 is 31.1. The lowest BCUT2D eigenvalue weighted by Gasteiger charge is -2.17. The normalized spacial score (nSPS) is 19.6. The van der Waals surface area contributed by atoms with Gasteiger partial charge in [-0.2, -0.15) is 4.31 Å². The van der Waals surface area contributed by atoms with Crippen LogP contribution < -0.4 is 0 Å². The van der Waals surface area contributed by atoms with Gasteiger partial charge in [0.05, 0.1) is 17.9 Å². The van der Waals surface area contributed by atoms with Gasteiger partial charge in [0.2, 0.25) is 10.0 Å². The summed E-state index contributed by atoms with van der Waals surface area (Å²) in [4.78, 5) is 11.3. The second kappa shape index (κ2) is 7.00. The monoisotopic (exact) mass is 349 g/mol. The van der Waals surface area contributed by atoms with Crippen LogP contribution in [0.1, 0.15) is 6.42 Å². The molecule has 0 spiro atoms. The zero-order valence-corrected chi connectivity index (χ0v) is 13.9. The topological polar surface area (TPSA) is 63.7 Å². The van der Waals surface area contributed by atoms with E-state index in [1.807, 2.05) is 0 Å². The highest BCUT2D eigenvalue weighted by Crippen LogP contribution is 2.30. The Morgan fingerprint density at radius 1 is 1.48 bits per heavy atom. The molecule has 1 atom stereocenters. The van der Waals surface area contributed by atoms with Gasteiger partial charge >= 0.3 is 5.97 Å². The molecule has 5 nitrogen and oxygen atoms in total. The quantitative estimate of drug-likeness (QED) is 0.761. The first kappa shape index (κ1) is 16.6. The molecule has 0 saturated carbocycles. The Bertz CT molecular complexity index is 620. The third-order valence-corrected chi connectivity index (χ3v) is 6.85. The van der Waals surface area contributed by atoms with Gasteiger partial charge < -0.3 is 4.74 Å². The molecule has 8 heteroatoms. The fraction of sp³-hybridized carbons (Fsp3) is 0.462. The number of nitrogens with zero attached hydrogens (tertiary/aromatic N) is 1. The zero-order valence-electron chi connectivity index (χ0n) is 11.5. The van der Waals surface area contributed by atoms with Crippen molar-refractivity contribution in [2.45, 2.75) is 16.6 Å². The van der Waals surface area contributed by atoms with Crippen molar-refractivity contribution < 1.29 is 17.9 Å². The molecule has 1 aliphatic rings. The lowest BCUT2D eigenvalue weighted by molar-refractivity contribution is -0.137. The van der Waals surface area contributed by atoms with Crippen LogP contribution in [-0.4, -0.2) is 49.9 Å². The van der Waals surface area contributed by atoms with Crippen molar-refractivity contribution in [3.8, 4) is 0 Å². The second-order valence-electron chi connectivity index (χ2n) is 4.59. The minimum atomic E-state index is -3.57. The molecule has 0 amide bonds. The summed E-state index contributed by atoms with van der Waals surface area (Å²) in [7, 11) is -2.24. The van der Waals surface area contributed by atoms with E-state index in [2.05, 4.69) is 4.74 Å². The summed E-state index contributed by atoms with van der Waals surface area (Å²) >= 11 is 7.40. The summed E-state index contributed by atoms with van der Waals surface area (Å²) in [6, 6.07) is 6.42. The molecule has 1 aliphatic heterocycles. The Hall–Kier alpha value is -0.760. The maximum absolute atomic E-state index is 12.5. The maximum Gasteiger partial charge on any atom is 0.315 e. The van der Waals surface area contributed by atoms with E-state index in [0.29, 0.717) is 19.5 Å². The Kier molecular flexibility index (Phi) is 5.54. The third kappa shape index (κ3) is 3.91. The highest BCUT2D eigenvalue weighted by Gasteiger charge is 2.34.